The number of carbonyl (C=O) groups excluding carboxylic acids is 1. The van der Waals surface area contributed by atoms with Crippen LogP contribution >= 0.6 is 24.0 Å². The molecule has 1 unspecified atom stereocenters. The smallest absolute Gasteiger partial charge is 0.267 e. The molecule has 7 nitrogen and oxygen atoms in total. The number of carbonyl (C=O) groups is 1. The second-order valence-electron chi connectivity index (χ2n) is 7.66. The lowest BCUT2D eigenvalue weighted by atomic mass is 10.2. The standard InChI is InChI=1S/C22H26N4O3S2/c1-2-3-5-11-26-21(28)17(31-22(26)30)13-16-19(23-14-15-8-7-12-29-15)24-18-9-4-6-10-25(18)20(16)27/h4,6,9-10,13,15,23H,2-3,5,7-8,11-12,14H2,1H3. The van der Waals surface area contributed by atoms with E-state index < -0.39 is 0 Å². The number of fused-ring (bicyclic) bond motifs is 1. The van der Waals surface area contributed by atoms with E-state index in [9.17, 15) is 9.59 Å². The van der Waals surface area contributed by atoms with Gasteiger partial charge in [-0.05, 0) is 37.5 Å². The zero-order valence-electron chi connectivity index (χ0n) is 17.5. The molecule has 2 fully saturated rings. The van der Waals surface area contributed by atoms with Crippen LogP contribution in [0.2, 0.25) is 0 Å². The van der Waals surface area contributed by atoms with Crippen LogP contribution in [0.1, 0.15) is 44.6 Å². The van der Waals surface area contributed by atoms with E-state index in [4.69, 9.17) is 17.0 Å². The van der Waals surface area contributed by atoms with Crippen molar-refractivity contribution < 1.29 is 9.53 Å². The third kappa shape index (κ3) is 4.83. The molecule has 2 saturated heterocycles. The van der Waals surface area contributed by atoms with Crippen molar-refractivity contribution in [2.24, 2.45) is 0 Å². The van der Waals surface area contributed by atoms with Gasteiger partial charge in [0.1, 0.15) is 15.8 Å². The third-order valence-corrected chi connectivity index (χ3v) is 6.80. The van der Waals surface area contributed by atoms with Crippen LogP contribution in [0.4, 0.5) is 5.82 Å². The number of amides is 1. The van der Waals surface area contributed by atoms with Gasteiger partial charge in [0.05, 0.1) is 16.6 Å². The molecule has 4 heterocycles. The summed E-state index contributed by atoms with van der Waals surface area (Å²) in [6.07, 6.45) is 8.45. The first-order chi connectivity index (χ1) is 15.1. The zero-order chi connectivity index (χ0) is 21.8. The predicted molar refractivity (Wildman–Crippen MR) is 128 cm³/mol. The summed E-state index contributed by atoms with van der Waals surface area (Å²) in [7, 11) is 0. The highest BCUT2D eigenvalue weighted by Crippen LogP contribution is 2.33. The van der Waals surface area contributed by atoms with Crippen molar-refractivity contribution in [3.8, 4) is 0 Å². The highest BCUT2D eigenvalue weighted by molar-refractivity contribution is 8.26. The van der Waals surface area contributed by atoms with E-state index in [1.807, 2.05) is 6.07 Å². The molecule has 9 heteroatoms. The fraction of sp³-hybridized carbons (Fsp3) is 0.455. The number of nitrogens with zero attached hydrogens (tertiary/aromatic N) is 3. The lowest BCUT2D eigenvalue weighted by Crippen LogP contribution is -2.29. The van der Waals surface area contributed by atoms with Crippen LogP contribution in [-0.4, -0.2) is 50.3 Å². The highest BCUT2D eigenvalue weighted by Gasteiger charge is 2.32. The Balaban J connectivity index is 1.67. The molecule has 2 aliphatic rings. The normalized spacial score (nSPS) is 20.4. The molecule has 2 aromatic heterocycles. The Hall–Kier alpha value is -2.23. The second-order valence-corrected chi connectivity index (χ2v) is 9.34. The largest absolute Gasteiger partial charge is 0.376 e. The molecule has 0 spiro atoms. The Bertz CT molecular complexity index is 1080. The number of hydrogen-bond donors (Lipinski definition) is 1. The molecule has 0 radical (unpaired) electrons. The first-order valence-electron chi connectivity index (χ1n) is 10.7. The average molecular weight is 459 g/mol. The monoisotopic (exact) mass is 458 g/mol. The van der Waals surface area contributed by atoms with Gasteiger partial charge >= 0.3 is 0 Å². The number of rotatable bonds is 8. The second kappa shape index (κ2) is 9.93. The number of thioether (sulfide) groups is 1. The first kappa shape index (κ1) is 22.0. The minimum atomic E-state index is -0.225. The zero-order valence-corrected chi connectivity index (χ0v) is 19.1. The maximum Gasteiger partial charge on any atom is 0.267 e. The summed E-state index contributed by atoms with van der Waals surface area (Å²) in [6, 6.07) is 5.41. The van der Waals surface area contributed by atoms with Gasteiger partial charge in [-0.25, -0.2) is 4.98 Å². The van der Waals surface area contributed by atoms with E-state index in [-0.39, 0.29) is 17.6 Å². The summed E-state index contributed by atoms with van der Waals surface area (Å²) in [4.78, 5) is 32.9. The molecule has 2 aromatic rings. The van der Waals surface area contributed by atoms with Crippen LogP contribution in [0, 0.1) is 0 Å². The molecule has 164 valence electrons. The van der Waals surface area contributed by atoms with Crippen molar-refractivity contribution in [2.75, 3.05) is 25.0 Å². The lowest BCUT2D eigenvalue weighted by Gasteiger charge is -2.14. The van der Waals surface area contributed by atoms with E-state index in [1.165, 1.54) is 16.2 Å². The molecule has 0 saturated carbocycles. The Morgan fingerprint density at radius 2 is 2.23 bits per heavy atom. The van der Waals surface area contributed by atoms with Gasteiger partial charge in [0, 0.05) is 25.9 Å². The van der Waals surface area contributed by atoms with Crippen molar-refractivity contribution in [3.05, 3.63) is 45.2 Å². The third-order valence-electron chi connectivity index (χ3n) is 5.42. The fourth-order valence-electron chi connectivity index (χ4n) is 3.73. The van der Waals surface area contributed by atoms with Crippen molar-refractivity contribution in [2.45, 2.75) is 45.1 Å². The van der Waals surface area contributed by atoms with Gasteiger partial charge in [-0.2, -0.15) is 0 Å². The topological polar surface area (TPSA) is 75.9 Å². The Labute approximate surface area is 190 Å². The Morgan fingerprint density at radius 1 is 1.35 bits per heavy atom. The Kier molecular flexibility index (Phi) is 7.04. The molecular formula is C22H26N4O3S2. The van der Waals surface area contributed by atoms with Crippen LogP contribution in [0.5, 0.6) is 0 Å². The van der Waals surface area contributed by atoms with E-state index >= 15 is 0 Å². The van der Waals surface area contributed by atoms with Gasteiger partial charge in [-0.1, -0.05) is 49.8 Å². The number of aromatic nitrogens is 2. The molecule has 0 bridgehead atoms. The van der Waals surface area contributed by atoms with E-state index in [2.05, 4.69) is 17.2 Å². The first-order valence-corrected chi connectivity index (χ1v) is 11.9. The number of pyridine rings is 1. The van der Waals surface area contributed by atoms with Crippen LogP contribution < -0.4 is 10.9 Å². The van der Waals surface area contributed by atoms with Crippen molar-refractivity contribution in [1.29, 1.82) is 0 Å². The summed E-state index contributed by atoms with van der Waals surface area (Å²) in [5, 5.41) is 3.28. The van der Waals surface area contributed by atoms with Crippen LogP contribution in [0.15, 0.2) is 34.1 Å². The number of ether oxygens (including phenoxy) is 1. The fourth-order valence-corrected chi connectivity index (χ4v) is 5.02. The van der Waals surface area contributed by atoms with Crippen LogP contribution in [-0.2, 0) is 9.53 Å². The van der Waals surface area contributed by atoms with E-state index in [0.29, 0.717) is 39.3 Å². The van der Waals surface area contributed by atoms with Gasteiger partial charge < -0.3 is 10.1 Å². The van der Waals surface area contributed by atoms with Crippen molar-refractivity contribution in [1.82, 2.24) is 14.3 Å². The quantitative estimate of drug-likeness (QED) is 0.367. The maximum atomic E-state index is 13.3. The molecule has 1 atom stereocenters. The summed E-state index contributed by atoms with van der Waals surface area (Å²) < 4.78 is 7.71. The molecule has 4 rings (SSSR count). The highest BCUT2D eigenvalue weighted by atomic mass is 32.2. The molecular weight excluding hydrogens is 432 g/mol. The summed E-state index contributed by atoms with van der Waals surface area (Å²) in [5.41, 5.74) is 0.680. The van der Waals surface area contributed by atoms with Gasteiger partial charge in [-0.3, -0.25) is 18.9 Å². The average Bonchev–Trinajstić information content (AvgIpc) is 3.38. The summed E-state index contributed by atoms with van der Waals surface area (Å²) in [5.74, 6) is 0.316. The molecule has 0 aromatic carbocycles. The minimum absolute atomic E-state index is 0.0978. The number of nitrogens with one attached hydrogen (secondary N) is 1. The van der Waals surface area contributed by atoms with Crippen molar-refractivity contribution in [3.63, 3.8) is 0 Å². The number of unbranched alkanes of at least 4 members (excludes halogenated alkanes) is 2. The number of thiocarbonyl (C=S) groups is 1. The van der Waals surface area contributed by atoms with Gasteiger partial charge in [-0.15, -0.1) is 0 Å². The number of anilines is 1. The molecule has 31 heavy (non-hydrogen) atoms. The maximum absolute atomic E-state index is 13.3. The summed E-state index contributed by atoms with van der Waals surface area (Å²) >= 11 is 6.66. The number of hydrogen-bond acceptors (Lipinski definition) is 7. The Morgan fingerprint density at radius 3 is 3.00 bits per heavy atom. The van der Waals surface area contributed by atoms with Crippen LogP contribution in [0.25, 0.3) is 11.7 Å². The van der Waals surface area contributed by atoms with Gasteiger partial charge in [0.25, 0.3) is 11.5 Å². The van der Waals surface area contributed by atoms with Crippen LogP contribution in [0.3, 0.4) is 0 Å². The molecule has 0 aliphatic carbocycles. The SMILES string of the molecule is CCCCCN1C(=O)C(=Cc2c(NCC3CCCO3)nc3ccccn3c2=O)SC1=S. The lowest BCUT2D eigenvalue weighted by molar-refractivity contribution is -0.122. The van der Waals surface area contributed by atoms with Gasteiger partial charge in [0.15, 0.2) is 0 Å². The summed E-state index contributed by atoms with van der Waals surface area (Å²) in [6.45, 7) is 4.05. The predicted octanol–water partition coefficient (Wildman–Crippen LogP) is 3.68. The van der Waals surface area contributed by atoms with E-state index in [1.54, 1.807) is 29.3 Å². The van der Waals surface area contributed by atoms with Crippen molar-refractivity contribution >= 4 is 51.7 Å². The van der Waals surface area contributed by atoms with E-state index in [0.717, 1.165) is 38.7 Å². The minimum Gasteiger partial charge on any atom is -0.376 e. The van der Waals surface area contributed by atoms with Gasteiger partial charge in [0.2, 0.25) is 0 Å². The molecule has 2 aliphatic heterocycles. The molecule has 1 N–H and O–H groups in total. The molecule has 1 amide bonds.